The van der Waals surface area contributed by atoms with Crippen LogP contribution < -0.4 is 5.32 Å². The van der Waals surface area contributed by atoms with Crippen LogP contribution in [-0.4, -0.2) is 31.7 Å². The van der Waals surface area contributed by atoms with Crippen molar-refractivity contribution in [3.05, 3.63) is 63.7 Å². The topological polar surface area (TPSA) is 92.6 Å². The van der Waals surface area contributed by atoms with Crippen molar-refractivity contribution in [2.24, 2.45) is 0 Å². The van der Waals surface area contributed by atoms with Crippen molar-refractivity contribution in [2.45, 2.75) is 17.6 Å². The highest BCUT2D eigenvalue weighted by atomic mass is 32.2. The maximum Gasteiger partial charge on any atom is 0.416 e. The van der Waals surface area contributed by atoms with Gasteiger partial charge in [-0.05, 0) is 23.8 Å². The van der Waals surface area contributed by atoms with Crippen LogP contribution in [0.25, 0.3) is 0 Å². The van der Waals surface area contributed by atoms with Gasteiger partial charge < -0.3 is 5.32 Å². The predicted octanol–water partition coefficient (Wildman–Crippen LogP) is 3.48. The van der Waals surface area contributed by atoms with Gasteiger partial charge in [-0.3, -0.25) is 10.1 Å². The van der Waals surface area contributed by atoms with E-state index in [1.807, 2.05) is 0 Å². The Hall–Kier alpha value is -2.66. The van der Waals surface area contributed by atoms with Gasteiger partial charge in [-0.25, -0.2) is 12.7 Å². The van der Waals surface area contributed by atoms with E-state index in [0.717, 1.165) is 16.4 Å². The maximum absolute atomic E-state index is 12.8. The molecule has 2 rings (SSSR count). The molecule has 0 amide bonds. The van der Waals surface area contributed by atoms with Crippen LogP contribution in [0.5, 0.6) is 0 Å². The van der Waals surface area contributed by atoms with Gasteiger partial charge in [-0.1, -0.05) is 18.2 Å². The van der Waals surface area contributed by atoms with Crippen LogP contribution in [0.15, 0.2) is 47.4 Å². The van der Waals surface area contributed by atoms with E-state index in [1.54, 1.807) is 6.07 Å². The van der Waals surface area contributed by atoms with Crippen LogP contribution in [0.4, 0.5) is 24.5 Å². The quantitative estimate of drug-likeness (QED) is 0.589. The van der Waals surface area contributed by atoms with Gasteiger partial charge in [0.2, 0.25) is 10.0 Å². The van der Waals surface area contributed by atoms with Gasteiger partial charge >= 0.3 is 6.18 Å². The largest absolute Gasteiger partial charge is 0.416 e. The molecule has 0 aliphatic rings. The average Bonchev–Trinajstić information content (AvgIpc) is 2.58. The maximum atomic E-state index is 12.8. The molecule has 0 spiro atoms. The zero-order chi connectivity index (χ0) is 20.4. The lowest BCUT2D eigenvalue weighted by molar-refractivity contribution is -0.384. The van der Waals surface area contributed by atoms with E-state index >= 15 is 0 Å². The fourth-order valence-electron chi connectivity index (χ4n) is 2.30. The normalized spacial score (nSPS) is 12.2. The molecular formula is C16H16F3N3O4S. The Bertz CT molecular complexity index is 960. The zero-order valence-corrected chi connectivity index (χ0v) is 15.1. The molecule has 0 atom stereocenters. The van der Waals surface area contributed by atoms with Gasteiger partial charge in [0, 0.05) is 26.7 Å². The number of halogens is 3. The molecule has 0 saturated carbocycles. The van der Waals surface area contributed by atoms with Crippen molar-refractivity contribution < 1.29 is 26.5 Å². The Kier molecular flexibility index (Phi) is 5.76. The van der Waals surface area contributed by atoms with Crippen molar-refractivity contribution in [3.63, 3.8) is 0 Å². The summed E-state index contributed by atoms with van der Waals surface area (Å²) in [6, 6.07) is 8.12. The Morgan fingerprint density at radius 3 is 2.33 bits per heavy atom. The van der Waals surface area contributed by atoms with E-state index in [2.05, 4.69) is 5.32 Å². The van der Waals surface area contributed by atoms with Crippen LogP contribution in [0.1, 0.15) is 11.1 Å². The minimum Gasteiger partial charge on any atom is -0.375 e. The number of nitro benzene ring substituents is 1. The lowest BCUT2D eigenvalue weighted by Crippen LogP contribution is -2.23. The molecule has 0 saturated heterocycles. The Morgan fingerprint density at radius 2 is 1.78 bits per heavy atom. The lowest BCUT2D eigenvalue weighted by atomic mass is 10.1. The van der Waals surface area contributed by atoms with Crippen molar-refractivity contribution in [1.29, 1.82) is 0 Å². The summed E-state index contributed by atoms with van der Waals surface area (Å²) in [7, 11) is -1.03. The van der Waals surface area contributed by atoms with Gasteiger partial charge in [-0.15, -0.1) is 0 Å². The SMILES string of the molecule is CN(C)S(=O)(=O)c1ccccc1CNc1ccc(C(F)(F)F)cc1[N+](=O)[O-]. The molecule has 2 aromatic rings. The number of alkyl halides is 3. The third kappa shape index (κ3) is 4.55. The summed E-state index contributed by atoms with van der Waals surface area (Å²) < 4.78 is 64.0. The van der Waals surface area contributed by atoms with Crippen LogP contribution >= 0.6 is 0 Å². The molecule has 0 unspecified atom stereocenters. The first kappa shape index (κ1) is 20.6. The molecule has 0 bridgehead atoms. The number of hydrogen-bond donors (Lipinski definition) is 1. The number of nitro groups is 1. The Labute approximate surface area is 153 Å². The fraction of sp³-hybridized carbons (Fsp3) is 0.250. The molecule has 7 nitrogen and oxygen atoms in total. The van der Waals surface area contributed by atoms with E-state index in [1.165, 1.54) is 32.3 Å². The summed E-state index contributed by atoms with van der Waals surface area (Å²) >= 11 is 0. The molecule has 2 aromatic carbocycles. The zero-order valence-electron chi connectivity index (χ0n) is 14.3. The molecule has 0 radical (unpaired) electrons. The van der Waals surface area contributed by atoms with Crippen LogP contribution in [0.2, 0.25) is 0 Å². The molecular weight excluding hydrogens is 387 g/mol. The second-order valence-electron chi connectivity index (χ2n) is 5.74. The summed E-state index contributed by atoms with van der Waals surface area (Å²) in [6.07, 6.45) is -4.71. The van der Waals surface area contributed by atoms with Gasteiger partial charge in [0.1, 0.15) is 5.69 Å². The minimum atomic E-state index is -4.71. The highest BCUT2D eigenvalue weighted by molar-refractivity contribution is 7.89. The smallest absolute Gasteiger partial charge is 0.375 e. The Morgan fingerprint density at radius 1 is 1.15 bits per heavy atom. The van der Waals surface area contributed by atoms with Crippen molar-refractivity contribution in [2.75, 3.05) is 19.4 Å². The lowest BCUT2D eigenvalue weighted by Gasteiger charge is -2.16. The summed E-state index contributed by atoms with van der Waals surface area (Å²) in [5, 5.41) is 13.8. The monoisotopic (exact) mass is 403 g/mol. The molecule has 0 aliphatic carbocycles. The van der Waals surface area contributed by atoms with Crippen LogP contribution in [-0.2, 0) is 22.7 Å². The van der Waals surface area contributed by atoms with Crippen molar-refractivity contribution in [3.8, 4) is 0 Å². The van der Waals surface area contributed by atoms with Crippen molar-refractivity contribution >= 4 is 21.4 Å². The first-order chi connectivity index (χ1) is 12.4. The molecule has 146 valence electrons. The number of anilines is 1. The first-order valence-corrected chi connectivity index (χ1v) is 8.98. The van der Waals surface area contributed by atoms with Gasteiger partial charge in [0.05, 0.1) is 15.4 Å². The number of benzene rings is 2. The summed E-state index contributed by atoms with van der Waals surface area (Å²) in [6.45, 7) is -0.130. The average molecular weight is 403 g/mol. The third-order valence-electron chi connectivity index (χ3n) is 3.72. The van der Waals surface area contributed by atoms with E-state index in [-0.39, 0.29) is 17.1 Å². The highest BCUT2D eigenvalue weighted by Crippen LogP contribution is 2.35. The molecule has 27 heavy (non-hydrogen) atoms. The summed E-state index contributed by atoms with van der Waals surface area (Å²) in [5.74, 6) is 0. The molecule has 0 aromatic heterocycles. The minimum absolute atomic E-state index is 0.00272. The number of rotatable bonds is 6. The van der Waals surface area contributed by atoms with E-state index in [4.69, 9.17) is 0 Å². The molecule has 0 fully saturated rings. The van der Waals surface area contributed by atoms with Crippen molar-refractivity contribution in [1.82, 2.24) is 4.31 Å². The predicted molar refractivity (Wildman–Crippen MR) is 92.7 cm³/mol. The standard InChI is InChI=1S/C16H16F3N3O4S/c1-21(2)27(25,26)15-6-4-3-5-11(15)10-20-13-8-7-12(16(17,18)19)9-14(13)22(23)24/h3-9,20H,10H2,1-2H3. The second kappa shape index (κ2) is 7.53. The van der Waals surface area contributed by atoms with Crippen LogP contribution in [0.3, 0.4) is 0 Å². The van der Waals surface area contributed by atoms with Gasteiger partial charge in [0.15, 0.2) is 0 Å². The first-order valence-electron chi connectivity index (χ1n) is 7.54. The number of nitrogens with one attached hydrogen (secondary N) is 1. The van der Waals surface area contributed by atoms with Gasteiger partial charge in [-0.2, -0.15) is 13.2 Å². The van der Waals surface area contributed by atoms with Crippen LogP contribution in [0, 0.1) is 10.1 Å². The van der Waals surface area contributed by atoms with E-state index < -0.39 is 32.4 Å². The number of hydrogen-bond acceptors (Lipinski definition) is 5. The molecule has 11 heteroatoms. The molecule has 0 heterocycles. The second-order valence-corrected chi connectivity index (χ2v) is 7.86. The van der Waals surface area contributed by atoms with E-state index in [0.29, 0.717) is 11.6 Å². The highest BCUT2D eigenvalue weighted by Gasteiger charge is 2.33. The molecule has 1 N–H and O–H groups in total. The Balaban J connectivity index is 2.37. The number of nitrogens with zero attached hydrogens (tertiary/aromatic N) is 2. The molecule has 0 aliphatic heterocycles. The third-order valence-corrected chi connectivity index (χ3v) is 5.64. The summed E-state index contributed by atoms with van der Waals surface area (Å²) in [5.41, 5.74) is -1.72. The number of sulfonamides is 1. The van der Waals surface area contributed by atoms with Gasteiger partial charge in [0.25, 0.3) is 5.69 Å². The summed E-state index contributed by atoms with van der Waals surface area (Å²) in [4.78, 5) is 10.2. The van der Waals surface area contributed by atoms with E-state index in [9.17, 15) is 31.7 Å². The fourth-order valence-corrected chi connectivity index (χ4v) is 3.41.